The van der Waals surface area contributed by atoms with Crippen LogP contribution in [0.3, 0.4) is 0 Å². The minimum Gasteiger partial charge on any atom is -0.370 e. The van der Waals surface area contributed by atoms with Crippen molar-refractivity contribution in [3.8, 4) is 0 Å². The van der Waals surface area contributed by atoms with Gasteiger partial charge in [0.2, 0.25) is 9.84 Å². The summed E-state index contributed by atoms with van der Waals surface area (Å²) in [6.07, 6.45) is 0. The number of nitrogens with one attached hydrogen (secondary N) is 1. The molecule has 0 spiro atoms. The second kappa shape index (κ2) is 7.40. The molecule has 3 aromatic rings. The molecule has 0 amide bonds. The van der Waals surface area contributed by atoms with Crippen LogP contribution in [-0.2, 0) is 16.4 Å². The van der Waals surface area contributed by atoms with E-state index in [0.29, 0.717) is 17.3 Å². The first kappa shape index (κ1) is 20.4. The zero-order valence-electron chi connectivity index (χ0n) is 14.4. The van der Waals surface area contributed by atoms with Crippen molar-refractivity contribution < 1.29 is 8.42 Å². The largest absolute Gasteiger partial charge is 0.370 e. The van der Waals surface area contributed by atoms with E-state index in [4.69, 9.17) is 17.3 Å². The van der Waals surface area contributed by atoms with Crippen molar-refractivity contribution in [3.63, 3.8) is 0 Å². The lowest BCUT2D eigenvalue weighted by atomic mass is 10.2. The van der Waals surface area contributed by atoms with Gasteiger partial charge in [-0.2, -0.15) is 0 Å². The summed E-state index contributed by atoms with van der Waals surface area (Å²) >= 11 is 5.96. The van der Waals surface area contributed by atoms with Gasteiger partial charge in [0.1, 0.15) is 0 Å². The molecule has 0 saturated carbocycles. The Balaban J connectivity index is 0.00000243. The molecule has 10 heteroatoms. The summed E-state index contributed by atoms with van der Waals surface area (Å²) in [4.78, 5) is 4.57. The summed E-state index contributed by atoms with van der Waals surface area (Å²) in [5.74, 6) is 0.226. The molecule has 3 N–H and O–H groups in total. The predicted molar refractivity (Wildman–Crippen MR) is 104 cm³/mol. The van der Waals surface area contributed by atoms with Crippen LogP contribution in [0.2, 0.25) is 5.02 Å². The monoisotopic (exact) mass is 415 g/mol. The number of benzene rings is 1. The van der Waals surface area contributed by atoms with Gasteiger partial charge in [0.15, 0.2) is 16.4 Å². The molecule has 0 aliphatic rings. The quantitative estimate of drug-likeness (QED) is 0.678. The third-order valence-electron chi connectivity index (χ3n) is 4.10. The average molecular weight is 416 g/mol. The highest BCUT2D eigenvalue weighted by molar-refractivity contribution is 7.91. The van der Waals surface area contributed by atoms with Crippen molar-refractivity contribution in [2.45, 2.75) is 30.2 Å². The number of rotatable bonds is 4. The molecule has 2 heterocycles. The molecule has 0 unspecified atom stereocenters. The number of aromatic nitrogens is 3. The van der Waals surface area contributed by atoms with E-state index in [1.54, 1.807) is 26.1 Å². The van der Waals surface area contributed by atoms with Gasteiger partial charge in [-0.1, -0.05) is 17.7 Å². The van der Waals surface area contributed by atoms with Gasteiger partial charge in [0, 0.05) is 35.6 Å². The van der Waals surface area contributed by atoms with Crippen molar-refractivity contribution in [1.29, 1.82) is 0 Å². The fourth-order valence-electron chi connectivity index (χ4n) is 2.80. The second-order valence-electron chi connectivity index (χ2n) is 5.59. The molecule has 0 atom stereocenters. The lowest BCUT2D eigenvalue weighted by Crippen LogP contribution is -2.10. The number of sulfone groups is 1. The summed E-state index contributed by atoms with van der Waals surface area (Å²) in [5, 5.41) is 7.56. The Hall–Kier alpha value is -1.87. The van der Waals surface area contributed by atoms with E-state index in [-0.39, 0.29) is 33.7 Å². The Morgan fingerprint density at radius 2 is 2.00 bits per heavy atom. The first-order valence-electron chi connectivity index (χ1n) is 7.58. The van der Waals surface area contributed by atoms with Crippen LogP contribution in [0.25, 0.3) is 5.65 Å². The molecule has 3 rings (SSSR count). The minimum absolute atomic E-state index is 0. The Morgan fingerprint density at radius 1 is 1.31 bits per heavy atom. The molecule has 0 aliphatic heterocycles. The van der Waals surface area contributed by atoms with Crippen molar-refractivity contribution in [1.82, 2.24) is 14.6 Å². The molecule has 0 radical (unpaired) electrons. The number of hydrogen-bond donors (Lipinski definition) is 2. The Kier molecular flexibility index (Phi) is 5.82. The third kappa shape index (κ3) is 3.14. The van der Waals surface area contributed by atoms with Crippen LogP contribution in [0.15, 0.2) is 34.1 Å². The van der Waals surface area contributed by atoms with Gasteiger partial charge in [-0.05, 0) is 32.0 Å². The van der Waals surface area contributed by atoms with Gasteiger partial charge in [-0.3, -0.25) is 0 Å². The van der Waals surface area contributed by atoms with Crippen molar-refractivity contribution in [2.24, 2.45) is 5.73 Å². The summed E-state index contributed by atoms with van der Waals surface area (Å²) in [5.41, 5.74) is 8.32. The highest BCUT2D eigenvalue weighted by Crippen LogP contribution is 2.32. The third-order valence-corrected chi connectivity index (χ3v) is 6.12. The number of hydrogen-bond acceptors (Lipinski definition) is 6. The molecule has 140 valence electrons. The van der Waals surface area contributed by atoms with E-state index < -0.39 is 9.84 Å². The van der Waals surface area contributed by atoms with Crippen LogP contribution in [0, 0.1) is 13.8 Å². The van der Waals surface area contributed by atoms with E-state index >= 15 is 0 Å². The van der Waals surface area contributed by atoms with E-state index in [9.17, 15) is 8.42 Å². The minimum atomic E-state index is -3.86. The number of nitrogens with two attached hydrogens (primary N) is 1. The van der Waals surface area contributed by atoms with Crippen LogP contribution in [0.5, 0.6) is 0 Å². The maximum absolute atomic E-state index is 13.2. The van der Waals surface area contributed by atoms with E-state index in [1.165, 1.54) is 16.6 Å². The van der Waals surface area contributed by atoms with Gasteiger partial charge in [0.05, 0.1) is 4.90 Å². The molecule has 26 heavy (non-hydrogen) atoms. The van der Waals surface area contributed by atoms with E-state index in [0.717, 1.165) is 11.3 Å². The highest BCUT2D eigenvalue weighted by atomic mass is 35.5. The van der Waals surface area contributed by atoms with Gasteiger partial charge in [-0.15, -0.1) is 17.5 Å². The number of nitrogens with zero attached hydrogens (tertiary/aromatic N) is 3. The summed E-state index contributed by atoms with van der Waals surface area (Å²) < 4.78 is 27.9. The van der Waals surface area contributed by atoms with E-state index in [2.05, 4.69) is 15.4 Å². The number of anilines is 1. The highest BCUT2D eigenvalue weighted by Gasteiger charge is 2.29. The molecule has 0 bridgehead atoms. The van der Waals surface area contributed by atoms with Crippen LogP contribution in [0.1, 0.15) is 17.0 Å². The molecular weight excluding hydrogens is 397 g/mol. The number of aryl methyl sites for hydroxylation is 2. The SMILES string of the molecule is CNc1nn2c(C)c(CN)c(C)nc2c1S(=O)(=O)c1cccc(Cl)c1.Cl. The average Bonchev–Trinajstić information content (AvgIpc) is 2.94. The maximum Gasteiger partial charge on any atom is 0.214 e. The number of halogens is 2. The molecule has 0 saturated heterocycles. The fraction of sp³-hybridized carbons (Fsp3) is 0.250. The predicted octanol–water partition coefficient (Wildman–Crippen LogP) is 2.75. The molecular formula is C16H19Cl2N5O2S. The van der Waals surface area contributed by atoms with Crippen LogP contribution < -0.4 is 11.1 Å². The normalized spacial score (nSPS) is 11.4. The van der Waals surface area contributed by atoms with Crippen LogP contribution in [0.4, 0.5) is 5.82 Å². The van der Waals surface area contributed by atoms with Crippen molar-refractivity contribution in [3.05, 3.63) is 46.2 Å². The molecule has 0 aliphatic carbocycles. The molecule has 2 aromatic heterocycles. The van der Waals surface area contributed by atoms with Crippen LogP contribution in [-0.4, -0.2) is 30.1 Å². The Labute approximate surface area is 162 Å². The number of fused-ring (bicyclic) bond motifs is 1. The summed E-state index contributed by atoms with van der Waals surface area (Å²) in [6, 6.07) is 6.12. The lowest BCUT2D eigenvalue weighted by Gasteiger charge is -2.09. The fourth-order valence-corrected chi connectivity index (χ4v) is 4.60. The summed E-state index contributed by atoms with van der Waals surface area (Å²) in [7, 11) is -2.25. The summed E-state index contributed by atoms with van der Waals surface area (Å²) in [6.45, 7) is 3.94. The smallest absolute Gasteiger partial charge is 0.214 e. The first-order valence-corrected chi connectivity index (χ1v) is 9.44. The maximum atomic E-state index is 13.2. The van der Waals surface area contributed by atoms with Gasteiger partial charge in [0.25, 0.3) is 0 Å². The topological polar surface area (TPSA) is 102 Å². The molecule has 7 nitrogen and oxygen atoms in total. The van der Waals surface area contributed by atoms with Gasteiger partial charge >= 0.3 is 0 Å². The molecule has 0 fully saturated rings. The second-order valence-corrected chi connectivity index (χ2v) is 7.91. The standard InChI is InChI=1S/C16H18ClN5O2S.ClH/c1-9-13(8-18)10(2)22-16(20-9)14(15(19-3)21-22)25(23,24)12-6-4-5-11(17)7-12;/h4-7H,8,18H2,1-3H3,(H,19,21);1H. The Bertz CT molecular complexity index is 1080. The van der Waals surface area contributed by atoms with E-state index in [1.807, 2.05) is 6.92 Å². The Morgan fingerprint density at radius 3 is 2.58 bits per heavy atom. The lowest BCUT2D eigenvalue weighted by molar-refractivity contribution is 0.597. The zero-order valence-corrected chi connectivity index (χ0v) is 16.8. The van der Waals surface area contributed by atoms with Gasteiger partial charge < -0.3 is 11.1 Å². The molecule has 1 aromatic carbocycles. The van der Waals surface area contributed by atoms with Crippen molar-refractivity contribution in [2.75, 3.05) is 12.4 Å². The zero-order chi connectivity index (χ0) is 18.4. The van der Waals surface area contributed by atoms with Gasteiger partial charge in [-0.25, -0.2) is 17.9 Å². The van der Waals surface area contributed by atoms with Crippen LogP contribution >= 0.6 is 24.0 Å². The van der Waals surface area contributed by atoms with Crippen molar-refractivity contribution >= 4 is 45.3 Å². The first-order chi connectivity index (χ1) is 11.8.